The molecule has 0 saturated carbocycles. The van der Waals surface area contributed by atoms with E-state index in [-0.39, 0.29) is 26.9 Å². The molecule has 4 nitrogen and oxygen atoms in total. The summed E-state index contributed by atoms with van der Waals surface area (Å²) in [6.45, 7) is 3.98. The summed E-state index contributed by atoms with van der Waals surface area (Å²) < 4.78 is 20.8. The van der Waals surface area contributed by atoms with E-state index in [1.165, 1.54) is 25.3 Å². The number of aromatic nitrogens is 1. The summed E-state index contributed by atoms with van der Waals surface area (Å²) in [5, 5.41) is 0.621. The lowest BCUT2D eigenvalue weighted by Crippen LogP contribution is -2.26. The van der Waals surface area contributed by atoms with E-state index in [9.17, 15) is 14.0 Å². The predicted octanol–water partition coefficient (Wildman–Crippen LogP) is 6.40. The highest BCUT2D eigenvalue weighted by Gasteiger charge is 2.27. The highest BCUT2D eigenvalue weighted by Crippen LogP contribution is 2.34. The van der Waals surface area contributed by atoms with Gasteiger partial charge in [0.05, 0.1) is 28.4 Å². The predicted molar refractivity (Wildman–Crippen MR) is 118 cm³/mol. The summed E-state index contributed by atoms with van der Waals surface area (Å²) >= 11 is 18.2. The van der Waals surface area contributed by atoms with Crippen molar-refractivity contribution in [3.05, 3.63) is 78.8 Å². The van der Waals surface area contributed by atoms with Crippen LogP contribution in [0.25, 0.3) is 22.4 Å². The summed E-state index contributed by atoms with van der Waals surface area (Å²) in [7, 11) is 1.18. The number of nitrogens with zero attached hydrogens (tertiary/aromatic N) is 1. The van der Waals surface area contributed by atoms with Crippen LogP contribution in [0.4, 0.5) is 4.39 Å². The number of rotatable bonds is 4. The third-order valence-electron chi connectivity index (χ3n) is 4.83. The fourth-order valence-corrected chi connectivity index (χ4v) is 4.09. The van der Waals surface area contributed by atoms with Crippen LogP contribution in [0.1, 0.15) is 23.0 Å². The lowest BCUT2D eigenvalue weighted by molar-refractivity contribution is 0.0599. The minimum atomic E-state index is -0.834. The lowest BCUT2D eigenvalue weighted by atomic mass is 9.96. The van der Waals surface area contributed by atoms with E-state index in [1.54, 1.807) is 29.7 Å². The Labute approximate surface area is 187 Å². The van der Waals surface area contributed by atoms with Gasteiger partial charge in [-0.15, -0.1) is 0 Å². The van der Waals surface area contributed by atoms with E-state index >= 15 is 0 Å². The summed E-state index contributed by atoms with van der Waals surface area (Å²) in [4.78, 5) is 26.2. The summed E-state index contributed by atoms with van der Waals surface area (Å²) in [6.07, 6.45) is 0. The number of methoxy groups -OCH3 is 1. The van der Waals surface area contributed by atoms with E-state index in [0.717, 1.165) is 0 Å². The highest BCUT2D eigenvalue weighted by molar-refractivity contribution is 6.36. The zero-order valence-corrected chi connectivity index (χ0v) is 18.6. The molecule has 0 bridgehead atoms. The standard InChI is InChI=1S/C22H17Cl3FNO3/c1-4-27-11(2)18(14-7-6-13(23)10-16(14)25)21(28)19(22(29)30-3)20(27)12-5-8-15(24)17(26)9-12/h5-10H,4H2,1-3H3. The van der Waals surface area contributed by atoms with Crippen LogP contribution in [-0.4, -0.2) is 17.6 Å². The number of ether oxygens (including phenoxy) is 1. The summed E-state index contributed by atoms with van der Waals surface area (Å²) in [5.41, 5.74) is 1.03. The smallest absolute Gasteiger partial charge is 0.344 e. The molecule has 0 amide bonds. The van der Waals surface area contributed by atoms with Gasteiger partial charge in [0.2, 0.25) is 5.43 Å². The molecule has 0 atom stereocenters. The zero-order chi connectivity index (χ0) is 22.2. The maximum absolute atomic E-state index is 14.2. The molecule has 0 aliphatic rings. The molecule has 0 spiro atoms. The van der Waals surface area contributed by atoms with Crippen molar-refractivity contribution in [2.45, 2.75) is 20.4 Å². The fraction of sp³-hybridized carbons (Fsp3) is 0.182. The van der Waals surface area contributed by atoms with Crippen molar-refractivity contribution in [2.24, 2.45) is 0 Å². The zero-order valence-electron chi connectivity index (χ0n) is 16.4. The van der Waals surface area contributed by atoms with Gasteiger partial charge in [-0.2, -0.15) is 0 Å². The van der Waals surface area contributed by atoms with Crippen molar-refractivity contribution >= 4 is 40.8 Å². The largest absolute Gasteiger partial charge is 0.465 e. The number of pyridine rings is 1. The van der Waals surface area contributed by atoms with Gasteiger partial charge in [-0.25, -0.2) is 9.18 Å². The molecule has 30 heavy (non-hydrogen) atoms. The van der Waals surface area contributed by atoms with Gasteiger partial charge in [-0.1, -0.05) is 46.9 Å². The molecule has 1 aromatic heterocycles. The first-order valence-electron chi connectivity index (χ1n) is 8.97. The summed E-state index contributed by atoms with van der Waals surface area (Å²) in [5.74, 6) is -1.50. The Morgan fingerprint density at radius 1 is 1.10 bits per heavy atom. The Kier molecular flexibility index (Phi) is 6.56. The number of carbonyl (C=O) groups is 1. The molecule has 0 N–H and O–H groups in total. The van der Waals surface area contributed by atoms with Crippen LogP contribution in [0.5, 0.6) is 0 Å². The number of hydrogen-bond acceptors (Lipinski definition) is 3. The topological polar surface area (TPSA) is 48.3 Å². The van der Waals surface area contributed by atoms with E-state index < -0.39 is 17.2 Å². The van der Waals surface area contributed by atoms with Gasteiger partial charge in [0.25, 0.3) is 0 Å². The first kappa shape index (κ1) is 22.3. The van der Waals surface area contributed by atoms with Gasteiger partial charge in [0.1, 0.15) is 11.4 Å². The SMILES string of the molecule is CCn1c(C)c(-c2ccc(Cl)cc2Cl)c(=O)c(C(=O)OC)c1-c1ccc(Cl)c(F)c1. The molecule has 156 valence electrons. The van der Waals surface area contributed by atoms with Crippen LogP contribution in [0.15, 0.2) is 41.2 Å². The van der Waals surface area contributed by atoms with Crippen LogP contribution in [-0.2, 0) is 11.3 Å². The van der Waals surface area contributed by atoms with Crippen molar-refractivity contribution in [1.29, 1.82) is 0 Å². The van der Waals surface area contributed by atoms with Gasteiger partial charge in [-0.05, 0) is 38.1 Å². The number of esters is 1. The maximum atomic E-state index is 14.2. The van der Waals surface area contributed by atoms with Gasteiger partial charge in [-0.3, -0.25) is 4.79 Å². The molecule has 0 aliphatic carbocycles. The molecular weight excluding hydrogens is 452 g/mol. The quantitative estimate of drug-likeness (QED) is 0.416. The minimum Gasteiger partial charge on any atom is -0.465 e. The van der Waals surface area contributed by atoms with E-state index in [0.29, 0.717) is 28.4 Å². The molecule has 0 radical (unpaired) electrons. The molecule has 0 aliphatic heterocycles. The van der Waals surface area contributed by atoms with Crippen LogP contribution < -0.4 is 5.43 Å². The molecule has 1 heterocycles. The Hall–Kier alpha value is -2.34. The van der Waals surface area contributed by atoms with Crippen molar-refractivity contribution < 1.29 is 13.9 Å². The Bertz CT molecular complexity index is 1220. The molecule has 2 aromatic carbocycles. The third kappa shape index (κ3) is 3.85. The van der Waals surface area contributed by atoms with Crippen LogP contribution in [0.3, 0.4) is 0 Å². The summed E-state index contributed by atoms with van der Waals surface area (Å²) in [6, 6.07) is 8.86. The first-order chi connectivity index (χ1) is 14.2. The molecule has 3 aromatic rings. The second-order valence-corrected chi connectivity index (χ2v) is 7.75. The Morgan fingerprint density at radius 3 is 2.37 bits per heavy atom. The maximum Gasteiger partial charge on any atom is 0.344 e. The molecule has 8 heteroatoms. The van der Waals surface area contributed by atoms with E-state index in [1.807, 2.05) is 6.92 Å². The molecule has 0 saturated heterocycles. The van der Waals surface area contributed by atoms with Gasteiger partial charge < -0.3 is 9.30 Å². The van der Waals surface area contributed by atoms with Gasteiger partial charge >= 0.3 is 5.97 Å². The van der Waals surface area contributed by atoms with Crippen molar-refractivity contribution in [1.82, 2.24) is 4.57 Å². The van der Waals surface area contributed by atoms with Crippen molar-refractivity contribution in [3.8, 4) is 22.4 Å². The van der Waals surface area contributed by atoms with Crippen LogP contribution >= 0.6 is 34.8 Å². The fourth-order valence-electron chi connectivity index (χ4n) is 3.47. The second-order valence-electron chi connectivity index (χ2n) is 6.50. The Morgan fingerprint density at radius 2 is 1.80 bits per heavy atom. The molecule has 0 unspecified atom stereocenters. The molecule has 0 fully saturated rings. The number of hydrogen-bond donors (Lipinski definition) is 0. The average molecular weight is 469 g/mol. The number of halogens is 4. The van der Waals surface area contributed by atoms with Gasteiger partial charge in [0.15, 0.2) is 0 Å². The third-order valence-corrected chi connectivity index (χ3v) is 5.68. The van der Waals surface area contributed by atoms with Crippen LogP contribution in [0.2, 0.25) is 15.1 Å². The van der Waals surface area contributed by atoms with Crippen LogP contribution in [0, 0.1) is 12.7 Å². The van der Waals surface area contributed by atoms with Gasteiger partial charge in [0, 0.05) is 28.4 Å². The van der Waals surface area contributed by atoms with E-state index in [2.05, 4.69) is 0 Å². The minimum absolute atomic E-state index is 0.0648. The lowest BCUT2D eigenvalue weighted by Gasteiger charge is -2.22. The first-order valence-corrected chi connectivity index (χ1v) is 10.1. The normalized spacial score (nSPS) is 10.9. The second kappa shape index (κ2) is 8.80. The number of carbonyl (C=O) groups excluding carboxylic acids is 1. The number of benzene rings is 2. The average Bonchev–Trinajstić information content (AvgIpc) is 2.70. The van der Waals surface area contributed by atoms with E-state index in [4.69, 9.17) is 39.5 Å². The molecular formula is C22H17Cl3FNO3. The monoisotopic (exact) mass is 467 g/mol. The highest BCUT2D eigenvalue weighted by atomic mass is 35.5. The Balaban J connectivity index is 2.49. The van der Waals surface area contributed by atoms with Crippen molar-refractivity contribution in [2.75, 3.05) is 7.11 Å². The molecule has 3 rings (SSSR count). The van der Waals surface area contributed by atoms with Crippen molar-refractivity contribution in [3.63, 3.8) is 0 Å².